The van der Waals surface area contributed by atoms with E-state index in [1.54, 1.807) is 42.7 Å². The van der Waals surface area contributed by atoms with Crippen molar-refractivity contribution in [1.82, 2.24) is 0 Å². The lowest BCUT2D eigenvalue weighted by Crippen LogP contribution is -3.00. The van der Waals surface area contributed by atoms with Crippen molar-refractivity contribution in [2.24, 2.45) is 0 Å². The molecule has 12 nitrogen and oxygen atoms in total. The van der Waals surface area contributed by atoms with Gasteiger partial charge in [-0.1, -0.05) is 32.1 Å². The van der Waals surface area contributed by atoms with E-state index in [4.69, 9.17) is 37.9 Å². The maximum Gasteiger partial charge on any atom is 0.306 e. The Hall–Kier alpha value is -2.94. The topological polar surface area (TPSA) is 108 Å². The Morgan fingerprint density at radius 1 is 0.475 bits per heavy atom. The normalized spacial score (nSPS) is 27.2. The highest BCUT2D eigenvalue weighted by molar-refractivity contribution is 5.70. The van der Waals surface area contributed by atoms with E-state index in [1.165, 1.54) is 0 Å². The highest BCUT2D eigenvalue weighted by Gasteiger charge is 2.53. The van der Waals surface area contributed by atoms with Crippen LogP contribution in [0.3, 0.4) is 0 Å². The average molecular weight is 985 g/mol. The molecule has 4 fully saturated rings. The number of benzene rings is 2. The third-order valence-corrected chi connectivity index (χ3v) is 14.5. The van der Waals surface area contributed by atoms with E-state index in [1.807, 2.05) is 0 Å². The Bertz CT molecular complexity index is 1540. The quantitative estimate of drug-likeness (QED) is 0.0993. The lowest BCUT2D eigenvalue weighted by Gasteiger charge is -2.47. The number of rotatable bonds is 22. The largest absolute Gasteiger partial charge is 1.00 e. The molecule has 6 rings (SSSR count). The van der Waals surface area contributed by atoms with Gasteiger partial charge in [0.2, 0.25) is 11.5 Å². The zero-order valence-corrected chi connectivity index (χ0v) is 41.1. The maximum atomic E-state index is 12.9. The standard InChI is InChI=1S/C47H72N2O10.2BrH/c1-48(30-32-22-40(52-3)46(56-7)41(23-32)53-4)34-18-19-35(48)27-38(26-34)58-44(50)16-14-12-10-9-11-13-15-17-45(51)59-39-28-36-20-21-37(29-39)49(36,2)31-33-24-42(54-5)47(57-8)43(25-33)55-6;;/h22-25,34-39H,9-21,26-31H2,1-8H3;2*1H/q+2;;/p-2/t34-,35+,36-,37+,38?,39?,48?,49?;;. The van der Waals surface area contributed by atoms with Gasteiger partial charge >= 0.3 is 11.9 Å². The van der Waals surface area contributed by atoms with Crippen LogP contribution < -0.4 is 62.4 Å². The van der Waals surface area contributed by atoms with Crippen molar-refractivity contribution >= 4 is 11.9 Å². The SMILES string of the molecule is COc1cc(C[N+]2(C)[C@@H]3CC[C@H]2CC(OC(=O)CCCCCCCCCC(=O)OC2C[C@H]4CC[C@@H](C2)[N+]4(C)Cc2cc(OC)c(OC)c(OC)c2)C3)cc(OC)c1OC.[Br-].[Br-]. The Balaban J connectivity index is 0.00000410. The van der Waals surface area contributed by atoms with Crippen molar-refractivity contribution in [2.75, 3.05) is 56.8 Å². The second-order valence-electron chi connectivity index (χ2n) is 18.0. The fraction of sp³-hybridized carbons (Fsp3) is 0.702. The molecule has 0 aliphatic carbocycles. The molecule has 344 valence electrons. The maximum absolute atomic E-state index is 12.9. The van der Waals surface area contributed by atoms with Gasteiger partial charge in [-0.15, -0.1) is 0 Å². The number of esters is 2. The number of halogens is 2. The summed E-state index contributed by atoms with van der Waals surface area (Å²) in [6.45, 7) is 1.75. The van der Waals surface area contributed by atoms with Gasteiger partial charge in [0.25, 0.3) is 0 Å². The monoisotopic (exact) mass is 982 g/mol. The minimum Gasteiger partial charge on any atom is -1.00 e. The summed E-state index contributed by atoms with van der Waals surface area (Å²) in [5.41, 5.74) is 2.32. The summed E-state index contributed by atoms with van der Waals surface area (Å²) < 4.78 is 47.5. The van der Waals surface area contributed by atoms with Crippen LogP contribution in [0, 0.1) is 0 Å². The van der Waals surface area contributed by atoms with Crippen molar-refractivity contribution in [2.45, 2.75) is 159 Å². The third kappa shape index (κ3) is 11.8. The van der Waals surface area contributed by atoms with E-state index in [0.29, 0.717) is 71.5 Å². The molecule has 0 saturated carbocycles. The van der Waals surface area contributed by atoms with E-state index in [0.717, 1.165) is 129 Å². The number of methoxy groups -OCH3 is 6. The summed E-state index contributed by atoms with van der Waals surface area (Å²) in [5, 5.41) is 0. The number of carbonyl (C=O) groups excluding carboxylic acids is 2. The summed E-state index contributed by atoms with van der Waals surface area (Å²) in [4.78, 5) is 25.7. The van der Waals surface area contributed by atoms with Gasteiger partial charge in [0, 0.05) is 75.3 Å². The van der Waals surface area contributed by atoms with Crippen molar-refractivity contribution in [3.8, 4) is 34.5 Å². The number of unbranched alkanes of at least 4 members (excludes halogenated alkanes) is 6. The van der Waals surface area contributed by atoms with E-state index in [2.05, 4.69) is 38.4 Å². The van der Waals surface area contributed by atoms with Crippen LogP contribution in [0.5, 0.6) is 34.5 Å². The molecular formula is C47H72Br2N2O10. The van der Waals surface area contributed by atoms with Crippen molar-refractivity contribution in [3.05, 3.63) is 35.4 Å². The fourth-order valence-corrected chi connectivity index (χ4v) is 11.2. The zero-order chi connectivity index (χ0) is 42.2. The predicted molar refractivity (Wildman–Crippen MR) is 225 cm³/mol. The molecule has 4 aliphatic heterocycles. The molecule has 0 amide bonds. The summed E-state index contributed by atoms with van der Waals surface area (Å²) in [6, 6.07) is 10.1. The molecule has 4 saturated heterocycles. The van der Waals surface area contributed by atoms with Crippen LogP contribution >= 0.6 is 0 Å². The van der Waals surface area contributed by atoms with Gasteiger partial charge in [0.1, 0.15) is 25.3 Å². The van der Waals surface area contributed by atoms with Crippen LogP contribution in [-0.2, 0) is 32.2 Å². The molecular weight excluding hydrogens is 912 g/mol. The summed E-state index contributed by atoms with van der Waals surface area (Å²) >= 11 is 0. The summed E-state index contributed by atoms with van der Waals surface area (Å²) in [5.74, 6) is 3.83. The number of ether oxygens (including phenoxy) is 8. The number of carbonyl (C=O) groups is 2. The number of hydrogen-bond donors (Lipinski definition) is 0. The lowest BCUT2D eigenvalue weighted by molar-refractivity contribution is -0.961. The molecule has 0 N–H and O–H groups in total. The van der Waals surface area contributed by atoms with E-state index >= 15 is 0 Å². The average Bonchev–Trinajstić information content (AvgIpc) is 3.44. The second kappa shape index (κ2) is 23.1. The van der Waals surface area contributed by atoms with Gasteiger partial charge in [0.15, 0.2) is 23.0 Å². The minimum atomic E-state index is -0.0539. The number of piperidine rings is 2. The number of nitrogens with zero attached hydrogens (tertiary/aromatic N) is 2. The molecule has 2 aromatic carbocycles. The fourth-order valence-electron chi connectivity index (χ4n) is 11.2. The molecule has 4 heterocycles. The number of hydrogen-bond acceptors (Lipinski definition) is 10. The molecule has 0 radical (unpaired) electrons. The molecule has 0 aromatic heterocycles. The Labute approximate surface area is 385 Å². The molecule has 4 unspecified atom stereocenters. The molecule has 14 heteroatoms. The second-order valence-corrected chi connectivity index (χ2v) is 18.0. The van der Waals surface area contributed by atoms with E-state index in [9.17, 15) is 9.59 Å². The molecule has 0 spiro atoms. The zero-order valence-electron chi connectivity index (χ0n) is 37.9. The van der Waals surface area contributed by atoms with Crippen LogP contribution in [0.2, 0.25) is 0 Å². The molecule has 4 bridgehead atoms. The predicted octanol–water partition coefficient (Wildman–Crippen LogP) is 2.32. The molecule has 2 aromatic rings. The van der Waals surface area contributed by atoms with Crippen molar-refractivity contribution < 1.29 is 90.4 Å². The van der Waals surface area contributed by atoms with Gasteiger partial charge in [-0.2, -0.15) is 0 Å². The first-order valence-corrected chi connectivity index (χ1v) is 22.1. The van der Waals surface area contributed by atoms with Gasteiger partial charge in [0.05, 0.1) is 80.9 Å². The first-order valence-electron chi connectivity index (χ1n) is 22.1. The number of quaternary nitrogens is 2. The van der Waals surface area contributed by atoms with Crippen LogP contribution in [0.25, 0.3) is 0 Å². The molecule has 4 aliphatic rings. The first kappa shape index (κ1) is 50.7. The summed E-state index contributed by atoms with van der Waals surface area (Å²) in [6.07, 6.45) is 16.3. The third-order valence-electron chi connectivity index (χ3n) is 14.5. The van der Waals surface area contributed by atoms with Gasteiger partial charge in [-0.3, -0.25) is 9.59 Å². The van der Waals surface area contributed by atoms with Gasteiger partial charge in [-0.05, 0) is 37.1 Å². The van der Waals surface area contributed by atoms with Crippen molar-refractivity contribution in [3.63, 3.8) is 0 Å². The highest BCUT2D eigenvalue weighted by Crippen LogP contribution is 2.47. The first-order chi connectivity index (χ1) is 28.5. The Morgan fingerprint density at radius 2 is 0.754 bits per heavy atom. The Morgan fingerprint density at radius 3 is 1.02 bits per heavy atom. The van der Waals surface area contributed by atoms with E-state index in [-0.39, 0.29) is 58.1 Å². The smallest absolute Gasteiger partial charge is 0.306 e. The van der Waals surface area contributed by atoms with Gasteiger partial charge < -0.3 is 80.8 Å². The van der Waals surface area contributed by atoms with Crippen LogP contribution in [0.1, 0.15) is 120 Å². The molecule has 8 atom stereocenters. The van der Waals surface area contributed by atoms with Crippen LogP contribution in [0.4, 0.5) is 0 Å². The number of fused-ring (bicyclic) bond motifs is 4. The minimum absolute atomic E-state index is 0. The van der Waals surface area contributed by atoms with Crippen molar-refractivity contribution in [1.29, 1.82) is 0 Å². The van der Waals surface area contributed by atoms with Crippen LogP contribution in [0.15, 0.2) is 24.3 Å². The van der Waals surface area contributed by atoms with E-state index < -0.39 is 0 Å². The Kier molecular flexibility index (Phi) is 19.2. The summed E-state index contributed by atoms with van der Waals surface area (Å²) in [7, 11) is 14.6. The van der Waals surface area contributed by atoms with Crippen LogP contribution in [-0.4, -0.2) is 114 Å². The van der Waals surface area contributed by atoms with Gasteiger partial charge in [-0.25, -0.2) is 0 Å². The highest BCUT2D eigenvalue weighted by atomic mass is 79.9. The lowest BCUT2D eigenvalue weighted by atomic mass is 9.95. The molecule has 61 heavy (non-hydrogen) atoms.